The highest BCUT2D eigenvalue weighted by Gasteiger charge is 2.15. The van der Waals surface area contributed by atoms with Gasteiger partial charge in [-0.25, -0.2) is 4.98 Å². The lowest BCUT2D eigenvalue weighted by molar-refractivity contribution is 0.237. The van der Waals surface area contributed by atoms with Crippen molar-refractivity contribution in [3.63, 3.8) is 0 Å². The first-order valence-electron chi connectivity index (χ1n) is 5.26. The van der Waals surface area contributed by atoms with Gasteiger partial charge in [0.15, 0.2) is 0 Å². The Morgan fingerprint density at radius 3 is 2.76 bits per heavy atom. The second-order valence-electron chi connectivity index (χ2n) is 3.92. The number of rotatable bonds is 3. The predicted octanol–water partition coefficient (Wildman–Crippen LogP) is 0.741. The summed E-state index contributed by atoms with van der Waals surface area (Å²) in [6.07, 6.45) is 0. The Bertz CT molecular complexity index is 504. The molecule has 90 valence electrons. The fourth-order valence-corrected chi connectivity index (χ4v) is 1.52. The van der Waals surface area contributed by atoms with Gasteiger partial charge in [-0.05, 0) is 31.5 Å². The van der Waals surface area contributed by atoms with Gasteiger partial charge in [-0.15, -0.1) is 0 Å². The minimum absolute atomic E-state index is 0.212. The summed E-state index contributed by atoms with van der Waals surface area (Å²) in [6.45, 7) is 3.64. The van der Waals surface area contributed by atoms with E-state index in [1.807, 2.05) is 26.0 Å². The minimum atomic E-state index is -0.651. The maximum absolute atomic E-state index is 8.89. The Morgan fingerprint density at radius 1 is 1.35 bits per heavy atom. The van der Waals surface area contributed by atoms with Crippen molar-refractivity contribution in [3.8, 4) is 11.5 Å². The van der Waals surface area contributed by atoms with Crippen LogP contribution in [0.2, 0.25) is 0 Å². The van der Waals surface area contributed by atoms with Crippen LogP contribution in [-0.2, 0) is 0 Å². The Labute approximate surface area is 98.5 Å². The lowest BCUT2D eigenvalue weighted by atomic mass is 10.2. The summed E-state index contributed by atoms with van der Waals surface area (Å²) < 4.78 is 4.97. The molecule has 0 amide bonds. The van der Waals surface area contributed by atoms with Crippen molar-refractivity contribution in [1.82, 2.24) is 15.1 Å². The van der Waals surface area contributed by atoms with E-state index in [9.17, 15) is 0 Å². The zero-order chi connectivity index (χ0) is 12.4. The van der Waals surface area contributed by atoms with Crippen molar-refractivity contribution in [3.05, 3.63) is 29.3 Å². The molecule has 0 bridgehead atoms. The average molecular weight is 234 g/mol. The van der Waals surface area contributed by atoms with Crippen LogP contribution in [0.25, 0.3) is 11.5 Å². The molecule has 6 heteroatoms. The van der Waals surface area contributed by atoms with Crippen LogP contribution in [0.5, 0.6) is 0 Å². The van der Waals surface area contributed by atoms with E-state index in [0.29, 0.717) is 11.5 Å². The van der Waals surface area contributed by atoms with Gasteiger partial charge in [0.25, 0.3) is 0 Å². The number of aliphatic hydroxyl groups excluding tert-OH is 1. The van der Waals surface area contributed by atoms with E-state index in [1.165, 1.54) is 0 Å². The SMILES string of the molecule is Cc1cc(C)nc(-c2noc([C@@H](N)CO)n2)c1. The molecule has 0 radical (unpaired) electrons. The molecule has 3 N–H and O–H groups in total. The Kier molecular flexibility index (Phi) is 3.16. The number of pyridine rings is 1. The second-order valence-corrected chi connectivity index (χ2v) is 3.92. The Morgan fingerprint density at radius 2 is 2.12 bits per heavy atom. The summed E-state index contributed by atoms with van der Waals surface area (Å²) >= 11 is 0. The summed E-state index contributed by atoms with van der Waals surface area (Å²) in [6, 6.07) is 3.18. The van der Waals surface area contributed by atoms with Crippen LogP contribution >= 0.6 is 0 Å². The molecule has 0 spiro atoms. The summed E-state index contributed by atoms with van der Waals surface area (Å²) in [5.74, 6) is 0.596. The van der Waals surface area contributed by atoms with E-state index in [0.717, 1.165) is 11.3 Å². The Balaban J connectivity index is 2.36. The van der Waals surface area contributed by atoms with Gasteiger partial charge in [-0.1, -0.05) is 5.16 Å². The zero-order valence-corrected chi connectivity index (χ0v) is 9.71. The van der Waals surface area contributed by atoms with Crippen molar-refractivity contribution in [2.24, 2.45) is 5.73 Å². The number of aryl methyl sites for hydroxylation is 2. The molecule has 1 atom stereocenters. The molecule has 2 aromatic heterocycles. The summed E-state index contributed by atoms with van der Waals surface area (Å²) in [4.78, 5) is 8.42. The fourth-order valence-electron chi connectivity index (χ4n) is 1.52. The molecule has 0 fully saturated rings. The molecule has 6 nitrogen and oxygen atoms in total. The predicted molar refractivity (Wildman–Crippen MR) is 61.0 cm³/mol. The molecule has 0 saturated heterocycles. The standard InChI is InChI=1S/C11H14N4O2/c1-6-3-7(2)13-9(4-6)10-14-11(17-15-10)8(12)5-16/h3-4,8,16H,5,12H2,1-2H3/t8-/m0/s1. The summed E-state index contributed by atoms with van der Waals surface area (Å²) in [7, 11) is 0. The number of aromatic nitrogens is 3. The van der Waals surface area contributed by atoms with Gasteiger partial charge in [0.2, 0.25) is 11.7 Å². The molecule has 0 saturated carbocycles. The van der Waals surface area contributed by atoms with Crippen LogP contribution in [0.4, 0.5) is 0 Å². The van der Waals surface area contributed by atoms with Crippen LogP contribution < -0.4 is 5.73 Å². The third-order valence-corrected chi connectivity index (χ3v) is 2.28. The minimum Gasteiger partial charge on any atom is -0.394 e. The largest absolute Gasteiger partial charge is 0.394 e. The number of hydrogen-bond donors (Lipinski definition) is 2. The zero-order valence-electron chi connectivity index (χ0n) is 9.71. The van der Waals surface area contributed by atoms with Crippen molar-refractivity contribution in [2.45, 2.75) is 19.9 Å². The first-order chi connectivity index (χ1) is 8.10. The molecule has 0 aliphatic rings. The Hall–Kier alpha value is -1.79. The van der Waals surface area contributed by atoms with Crippen LogP contribution in [-0.4, -0.2) is 26.8 Å². The van der Waals surface area contributed by atoms with E-state index in [1.54, 1.807) is 0 Å². The molecule has 17 heavy (non-hydrogen) atoms. The molecular formula is C11H14N4O2. The van der Waals surface area contributed by atoms with Crippen LogP contribution in [0.3, 0.4) is 0 Å². The van der Waals surface area contributed by atoms with Gasteiger partial charge in [0.1, 0.15) is 11.7 Å². The molecule has 2 heterocycles. The first kappa shape index (κ1) is 11.7. The van der Waals surface area contributed by atoms with E-state index in [4.69, 9.17) is 15.4 Å². The molecule has 0 aliphatic heterocycles. The highest BCUT2D eigenvalue weighted by Crippen LogP contribution is 2.17. The third-order valence-electron chi connectivity index (χ3n) is 2.28. The van der Waals surface area contributed by atoms with Crippen molar-refractivity contribution in [1.29, 1.82) is 0 Å². The van der Waals surface area contributed by atoms with Gasteiger partial charge in [-0.2, -0.15) is 4.98 Å². The number of nitrogens with zero attached hydrogens (tertiary/aromatic N) is 3. The van der Waals surface area contributed by atoms with E-state index >= 15 is 0 Å². The number of nitrogens with two attached hydrogens (primary N) is 1. The van der Waals surface area contributed by atoms with Crippen molar-refractivity contribution < 1.29 is 9.63 Å². The lowest BCUT2D eigenvalue weighted by Crippen LogP contribution is -2.14. The second kappa shape index (κ2) is 4.60. The summed E-state index contributed by atoms with van der Waals surface area (Å²) in [5, 5.41) is 12.7. The number of hydrogen-bond acceptors (Lipinski definition) is 6. The molecule has 0 unspecified atom stereocenters. The molecule has 0 aliphatic carbocycles. The van der Waals surface area contributed by atoms with Gasteiger partial charge in [0.05, 0.1) is 6.61 Å². The van der Waals surface area contributed by atoms with E-state index in [-0.39, 0.29) is 12.5 Å². The molecule has 0 aromatic carbocycles. The van der Waals surface area contributed by atoms with E-state index in [2.05, 4.69) is 15.1 Å². The maximum atomic E-state index is 8.89. The smallest absolute Gasteiger partial charge is 0.246 e. The van der Waals surface area contributed by atoms with Crippen molar-refractivity contribution in [2.75, 3.05) is 6.61 Å². The van der Waals surface area contributed by atoms with Crippen LogP contribution in [0.1, 0.15) is 23.2 Å². The summed E-state index contributed by atoms with van der Waals surface area (Å²) in [5.41, 5.74) is 8.18. The molecule has 2 aromatic rings. The highest BCUT2D eigenvalue weighted by molar-refractivity contribution is 5.50. The quantitative estimate of drug-likeness (QED) is 0.812. The van der Waals surface area contributed by atoms with Crippen molar-refractivity contribution >= 4 is 0 Å². The highest BCUT2D eigenvalue weighted by atomic mass is 16.5. The number of aliphatic hydroxyl groups is 1. The molecule has 2 rings (SSSR count). The topological polar surface area (TPSA) is 98.1 Å². The third kappa shape index (κ3) is 2.48. The van der Waals surface area contributed by atoms with Gasteiger partial charge in [0, 0.05) is 5.69 Å². The normalized spacial score (nSPS) is 12.7. The van der Waals surface area contributed by atoms with Crippen LogP contribution in [0.15, 0.2) is 16.7 Å². The van der Waals surface area contributed by atoms with Crippen LogP contribution in [0, 0.1) is 13.8 Å². The van der Waals surface area contributed by atoms with Gasteiger partial charge < -0.3 is 15.4 Å². The van der Waals surface area contributed by atoms with E-state index < -0.39 is 6.04 Å². The fraction of sp³-hybridized carbons (Fsp3) is 0.364. The average Bonchev–Trinajstić information content (AvgIpc) is 2.76. The lowest BCUT2D eigenvalue weighted by Gasteiger charge is -2.00. The van der Waals surface area contributed by atoms with Gasteiger partial charge >= 0.3 is 0 Å². The molecular weight excluding hydrogens is 220 g/mol. The van der Waals surface area contributed by atoms with Gasteiger partial charge in [-0.3, -0.25) is 0 Å². The maximum Gasteiger partial charge on any atom is 0.246 e. The monoisotopic (exact) mass is 234 g/mol. The first-order valence-corrected chi connectivity index (χ1v) is 5.26.